The third-order valence-corrected chi connectivity index (χ3v) is 4.88. The molecule has 23 heavy (non-hydrogen) atoms. The first-order chi connectivity index (χ1) is 10.7. The lowest BCUT2D eigenvalue weighted by Crippen LogP contribution is -2.16. The molecule has 5 nitrogen and oxygen atoms in total. The van der Waals surface area contributed by atoms with Gasteiger partial charge in [0.15, 0.2) is 0 Å². The molecule has 2 N–H and O–H groups in total. The van der Waals surface area contributed by atoms with Crippen LogP contribution in [0.4, 0.5) is 10.1 Å². The van der Waals surface area contributed by atoms with Crippen LogP contribution in [0.2, 0.25) is 0 Å². The van der Waals surface area contributed by atoms with Gasteiger partial charge in [0, 0.05) is 0 Å². The van der Waals surface area contributed by atoms with E-state index in [9.17, 15) is 17.6 Å². The third-order valence-electron chi connectivity index (χ3n) is 3.43. The van der Waals surface area contributed by atoms with Crippen LogP contribution in [-0.4, -0.2) is 19.5 Å². The maximum Gasteiger partial charge on any atom is 0.335 e. The van der Waals surface area contributed by atoms with Crippen molar-refractivity contribution in [3.05, 3.63) is 58.9 Å². The zero-order chi connectivity index (χ0) is 17.2. The van der Waals surface area contributed by atoms with Gasteiger partial charge in [-0.05, 0) is 48.7 Å². The lowest BCUT2D eigenvalue weighted by molar-refractivity contribution is 0.0696. The van der Waals surface area contributed by atoms with Crippen molar-refractivity contribution in [2.45, 2.75) is 25.2 Å². The van der Waals surface area contributed by atoms with Crippen molar-refractivity contribution < 1.29 is 22.7 Å². The van der Waals surface area contributed by atoms with E-state index in [2.05, 4.69) is 4.72 Å². The van der Waals surface area contributed by atoms with E-state index in [0.717, 1.165) is 12.1 Å². The standard InChI is InChI=1S/C16H16FNO4S/c1-3-11-5-6-12(16(19)20)8-15(11)23(21,22)18-14-9-13(17)7-4-10(14)2/h4-9,18H,3H2,1-2H3,(H,19,20). The van der Waals surface area contributed by atoms with Gasteiger partial charge in [0.05, 0.1) is 16.1 Å². The van der Waals surface area contributed by atoms with Crippen LogP contribution in [0.25, 0.3) is 0 Å². The molecule has 0 aliphatic carbocycles. The van der Waals surface area contributed by atoms with Crippen molar-refractivity contribution in [1.82, 2.24) is 0 Å². The highest BCUT2D eigenvalue weighted by atomic mass is 32.2. The number of hydrogen-bond acceptors (Lipinski definition) is 3. The minimum absolute atomic E-state index is 0.118. The van der Waals surface area contributed by atoms with Gasteiger partial charge >= 0.3 is 5.97 Å². The van der Waals surface area contributed by atoms with Gasteiger partial charge in [-0.3, -0.25) is 4.72 Å². The second-order valence-electron chi connectivity index (χ2n) is 5.05. The van der Waals surface area contributed by atoms with Crippen LogP contribution in [0.3, 0.4) is 0 Å². The normalized spacial score (nSPS) is 11.3. The molecule has 0 bridgehead atoms. The Labute approximate surface area is 133 Å². The summed E-state index contributed by atoms with van der Waals surface area (Å²) in [5, 5.41) is 9.04. The van der Waals surface area contributed by atoms with E-state index >= 15 is 0 Å². The van der Waals surface area contributed by atoms with Crippen molar-refractivity contribution in [1.29, 1.82) is 0 Å². The maximum absolute atomic E-state index is 13.3. The van der Waals surface area contributed by atoms with Crippen LogP contribution in [0, 0.1) is 12.7 Å². The first kappa shape index (κ1) is 17.0. The zero-order valence-corrected chi connectivity index (χ0v) is 13.4. The number of nitrogens with one attached hydrogen (secondary N) is 1. The first-order valence-electron chi connectivity index (χ1n) is 6.90. The molecule has 0 heterocycles. The molecule has 0 atom stereocenters. The summed E-state index contributed by atoms with van der Waals surface area (Å²) in [5.74, 6) is -1.78. The van der Waals surface area contributed by atoms with Gasteiger partial charge in [-0.2, -0.15) is 0 Å². The maximum atomic E-state index is 13.3. The molecule has 0 fully saturated rings. The second kappa shape index (κ2) is 6.37. The van der Waals surface area contributed by atoms with Gasteiger partial charge < -0.3 is 5.11 Å². The molecule has 2 rings (SSSR count). The van der Waals surface area contributed by atoms with E-state index in [1.807, 2.05) is 0 Å². The van der Waals surface area contributed by atoms with Crippen molar-refractivity contribution in [2.24, 2.45) is 0 Å². The molecule has 0 aliphatic heterocycles. The Balaban J connectivity index is 2.52. The smallest absolute Gasteiger partial charge is 0.335 e. The van der Waals surface area contributed by atoms with Gasteiger partial charge in [-0.15, -0.1) is 0 Å². The molecular weight excluding hydrogens is 321 g/mol. The minimum Gasteiger partial charge on any atom is -0.478 e. The molecule has 0 amide bonds. The van der Waals surface area contributed by atoms with Crippen molar-refractivity contribution >= 4 is 21.7 Å². The average molecular weight is 337 g/mol. The van der Waals surface area contributed by atoms with E-state index in [4.69, 9.17) is 5.11 Å². The molecule has 0 saturated carbocycles. The fraction of sp³-hybridized carbons (Fsp3) is 0.188. The summed E-state index contributed by atoms with van der Waals surface area (Å²) in [5.41, 5.74) is 1.03. The third kappa shape index (κ3) is 3.68. The summed E-state index contributed by atoms with van der Waals surface area (Å²) in [7, 11) is -4.03. The molecule has 0 radical (unpaired) electrons. The van der Waals surface area contributed by atoms with E-state index in [1.165, 1.54) is 24.3 Å². The quantitative estimate of drug-likeness (QED) is 0.877. The lowest BCUT2D eigenvalue weighted by Gasteiger charge is -2.14. The van der Waals surface area contributed by atoms with Crippen LogP contribution < -0.4 is 4.72 Å². The number of rotatable bonds is 5. The van der Waals surface area contributed by atoms with E-state index < -0.39 is 21.8 Å². The first-order valence-corrected chi connectivity index (χ1v) is 8.38. The summed E-state index contributed by atoms with van der Waals surface area (Å²) in [6, 6.07) is 7.71. The Morgan fingerprint density at radius 3 is 2.52 bits per heavy atom. The Hall–Kier alpha value is -2.41. The van der Waals surface area contributed by atoms with Gasteiger partial charge in [-0.25, -0.2) is 17.6 Å². The number of halogens is 1. The molecule has 0 spiro atoms. The Kier molecular flexibility index (Phi) is 4.70. The van der Waals surface area contributed by atoms with Crippen LogP contribution in [0.5, 0.6) is 0 Å². The molecule has 0 aromatic heterocycles. The number of hydrogen-bond donors (Lipinski definition) is 2. The average Bonchev–Trinajstić information content (AvgIpc) is 2.50. The van der Waals surface area contributed by atoms with E-state index in [0.29, 0.717) is 17.5 Å². The van der Waals surface area contributed by atoms with Crippen molar-refractivity contribution in [2.75, 3.05) is 4.72 Å². The molecule has 0 unspecified atom stereocenters. The lowest BCUT2D eigenvalue weighted by atomic mass is 10.1. The number of aromatic carboxylic acids is 1. The summed E-state index contributed by atoms with van der Waals surface area (Å²) in [4.78, 5) is 11.0. The highest BCUT2D eigenvalue weighted by molar-refractivity contribution is 7.92. The topological polar surface area (TPSA) is 83.5 Å². The van der Waals surface area contributed by atoms with Crippen LogP contribution >= 0.6 is 0 Å². The Morgan fingerprint density at radius 2 is 1.91 bits per heavy atom. The molecule has 122 valence electrons. The summed E-state index contributed by atoms with van der Waals surface area (Å²) < 4.78 is 40.8. The number of aryl methyl sites for hydroxylation is 2. The number of benzene rings is 2. The van der Waals surface area contributed by atoms with Gasteiger partial charge in [0.25, 0.3) is 10.0 Å². The second-order valence-corrected chi connectivity index (χ2v) is 6.70. The Bertz CT molecular complexity index is 862. The van der Waals surface area contributed by atoms with Crippen molar-refractivity contribution in [3.8, 4) is 0 Å². The van der Waals surface area contributed by atoms with E-state index in [-0.39, 0.29) is 16.1 Å². The van der Waals surface area contributed by atoms with Gasteiger partial charge in [-0.1, -0.05) is 19.1 Å². The molecular formula is C16H16FNO4S. The Morgan fingerprint density at radius 1 is 1.22 bits per heavy atom. The monoisotopic (exact) mass is 337 g/mol. The number of carboxylic acid groups (broad SMARTS) is 1. The predicted molar refractivity (Wildman–Crippen MR) is 84.7 cm³/mol. The van der Waals surface area contributed by atoms with Crippen LogP contribution in [0.15, 0.2) is 41.3 Å². The summed E-state index contributed by atoms with van der Waals surface area (Å²) in [6.45, 7) is 3.41. The molecule has 0 aliphatic rings. The van der Waals surface area contributed by atoms with Crippen LogP contribution in [-0.2, 0) is 16.4 Å². The molecule has 7 heteroatoms. The minimum atomic E-state index is -4.03. The number of carboxylic acids is 1. The summed E-state index contributed by atoms with van der Waals surface area (Å²) in [6.07, 6.45) is 0.415. The molecule has 0 saturated heterocycles. The van der Waals surface area contributed by atoms with E-state index in [1.54, 1.807) is 13.8 Å². The van der Waals surface area contributed by atoms with Crippen LogP contribution in [0.1, 0.15) is 28.4 Å². The fourth-order valence-corrected chi connectivity index (χ4v) is 3.59. The summed E-state index contributed by atoms with van der Waals surface area (Å²) >= 11 is 0. The number of sulfonamides is 1. The predicted octanol–water partition coefficient (Wildman–Crippen LogP) is 3.20. The molecule has 2 aromatic rings. The zero-order valence-electron chi connectivity index (χ0n) is 12.6. The number of carbonyl (C=O) groups is 1. The van der Waals surface area contributed by atoms with Crippen molar-refractivity contribution in [3.63, 3.8) is 0 Å². The van der Waals surface area contributed by atoms with Gasteiger partial charge in [0.2, 0.25) is 0 Å². The van der Waals surface area contributed by atoms with Gasteiger partial charge in [0.1, 0.15) is 5.82 Å². The largest absolute Gasteiger partial charge is 0.478 e. The molecule has 2 aromatic carbocycles. The fourth-order valence-electron chi connectivity index (χ4n) is 2.13. The SMILES string of the molecule is CCc1ccc(C(=O)O)cc1S(=O)(=O)Nc1cc(F)ccc1C. The highest BCUT2D eigenvalue weighted by Gasteiger charge is 2.21. The number of anilines is 1. The highest BCUT2D eigenvalue weighted by Crippen LogP contribution is 2.24.